The van der Waals surface area contributed by atoms with Crippen LogP contribution >= 0.6 is 24.8 Å². The lowest BCUT2D eigenvalue weighted by molar-refractivity contribution is -0.122. The van der Waals surface area contributed by atoms with Crippen molar-refractivity contribution in [3.8, 4) is 0 Å². The molecule has 1 fully saturated rings. The van der Waals surface area contributed by atoms with E-state index < -0.39 is 0 Å². The Labute approximate surface area is 157 Å². The molecule has 2 N–H and O–H groups in total. The van der Waals surface area contributed by atoms with E-state index in [-0.39, 0.29) is 30.7 Å². The van der Waals surface area contributed by atoms with E-state index in [9.17, 15) is 4.79 Å². The average Bonchev–Trinajstić information content (AvgIpc) is 2.92. The third-order valence-electron chi connectivity index (χ3n) is 4.15. The molecule has 0 unspecified atom stereocenters. The molecular weight excluding hydrogens is 349 g/mol. The molecule has 8 heteroatoms. The van der Waals surface area contributed by atoms with Crippen LogP contribution in [0.15, 0.2) is 12.5 Å². The molecule has 0 aliphatic carbocycles. The first-order valence-electron chi connectivity index (χ1n) is 8.23. The van der Waals surface area contributed by atoms with E-state index in [2.05, 4.69) is 38.9 Å². The van der Waals surface area contributed by atoms with Crippen LogP contribution < -0.4 is 10.6 Å². The van der Waals surface area contributed by atoms with E-state index in [0.29, 0.717) is 25.0 Å². The first kappa shape index (κ1) is 23.2. The predicted octanol–water partition coefficient (Wildman–Crippen LogP) is 1.68. The Balaban J connectivity index is 0.00000264. The van der Waals surface area contributed by atoms with Crippen molar-refractivity contribution in [1.29, 1.82) is 0 Å². The minimum atomic E-state index is 0. The van der Waals surface area contributed by atoms with Gasteiger partial charge in [-0.2, -0.15) is 0 Å². The van der Waals surface area contributed by atoms with Gasteiger partial charge in [0.2, 0.25) is 5.91 Å². The highest BCUT2D eigenvalue weighted by Gasteiger charge is 2.19. The van der Waals surface area contributed by atoms with Crippen molar-refractivity contribution in [2.45, 2.75) is 45.8 Å². The van der Waals surface area contributed by atoms with E-state index >= 15 is 0 Å². The van der Waals surface area contributed by atoms with Gasteiger partial charge in [-0.1, -0.05) is 13.8 Å². The topological polar surface area (TPSA) is 62.2 Å². The molecule has 0 aromatic carbocycles. The highest BCUT2D eigenvalue weighted by atomic mass is 35.5. The number of hydrogen-bond acceptors (Lipinski definition) is 4. The van der Waals surface area contributed by atoms with Gasteiger partial charge in [0.15, 0.2) is 0 Å². The molecule has 6 nitrogen and oxygen atoms in total. The van der Waals surface area contributed by atoms with Crippen LogP contribution in [0.1, 0.15) is 32.4 Å². The van der Waals surface area contributed by atoms with Crippen molar-refractivity contribution in [3.05, 3.63) is 18.2 Å². The standard InChI is InChI=1S/C16H29N5O.2ClH/c1-13(2)10-21-12-18-8-15(21)9-19-16(22)11-20(3)14-4-6-17-7-5-14;;/h8,12-14,17H,4-7,9-11H2,1-3H3,(H,19,22);2*1H. The number of likely N-dealkylation sites (N-methyl/N-ethyl adjacent to an activating group) is 1. The summed E-state index contributed by atoms with van der Waals surface area (Å²) in [5, 5.41) is 6.36. The van der Waals surface area contributed by atoms with E-state index in [0.717, 1.165) is 38.2 Å². The second kappa shape index (κ2) is 11.7. The zero-order valence-electron chi connectivity index (χ0n) is 14.8. The molecule has 2 rings (SSSR count). The number of nitrogens with zero attached hydrogens (tertiary/aromatic N) is 3. The lowest BCUT2D eigenvalue weighted by Gasteiger charge is -2.31. The normalized spacial score (nSPS) is 15.0. The summed E-state index contributed by atoms with van der Waals surface area (Å²) in [5.41, 5.74) is 1.06. The van der Waals surface area contributed by atoms with Gasteiger partial charge in [-0.25, -0.2) is 4.98 Å². The maximum Gasteiger partial charge on any atom is 0.234 e. The second-order valence-electron chi connectivity index (χ2n) is 6.60. The van der Waals surface area contributed by atoms with Gasteiger partial charge in [0.05, 0.1) is 25.1 Å². The fourth-order valence-electron chi connectivity index (χ4n) is 2.90. The second-order valence-corrected chi connectivity index (χ2v) is 6.60. The molecule has 0 saturated carbocycles. The van der Waals surface area contributed by atoms with E-state index in [1.807, 2.05) is 19.6 Å². The highest BCUT2D eigenvalue weighted by molar-refractivity contribution is 5.85. The summed E-state index contributed by atoms with van der Waals surface area (Å²) in [6.45, 7) is 8.39. The fraction of sp³-hybridized carbons (Fsp3) is 0.750. The van der Waals surface area contributed by atoms with Crippen molar-refractivity contribution >= 4 is 30.7 Å². The number of nitrogens with one attached hydrogen (secondary N) is 2. The van der Waals surface area contributed by atoms with Gasteiger partial charge in [-0.05, 0) is 38.9 Å². The zero-order chi connectivity index (χ0) is 15.9. The smallest absolute Gasteiger partial charge is 0.234 e. The van der Waals surface area contributed by atoms with Gasteiger partial charge < -0.3 is 15.2 Å². The van der Waals surface area contributed by atoms with Gasteiger partial charge in [0.25, 0.3) is 0 Å². The summed E-state index contributed by atoms with van der Waals surface area (Å²) in [4.78, 5) is 18.5. The Kier molecular flexibility index (Phi) is 11.3. The molecule has 0 spiro atoms. The van der Waals surface area contributed by atoms with Crippen LogP contribution in [-0.2, 0) is 17.9 Å². The number of aromatic nitrogens is 2. The Bertz CT molecular complexity index is 475. The van der Waals surface area contributed by atoms with E-state index in [4.69, 9.17) is 0 Å². The summed E-state index contributed by atoms with van der Waals surface area (Å²) in [6.07, 6.45) is 5.90. The molecule has 1 aromatic heterocycles. The van der Waals surface area contributed by atoms with Gasteiger partial charge >= 0.3 is 0 Å². The van der Waals surface area contributed by atoms with Crippen molar-refractivity contribution < 1.29 is 4.79 Å². The van der Waals surface area contributed by atoms with Crippen LogP contribution in [0.2, 0.25) is 0 Å². The summed E-state index contributed by atoms with van der Waals surface area (Å²) in [7, 11) is 2.04. The van der Waals surface area contributed by atoms with Crippen LogP contribution in [0, 0.1) is 5.92 Å². The number of carbonyl (C=O) groups excluding carboxylic acids is 1. The number of amides is 1. The Morgan fingerprint density at radius 2 is 2.08 bits per heavy atom. The van der Waals surface area contributed by atoms with Crippen LogP contribution in [0.5, 0.6) is 0 Å². The third kappa shape index (κ3) is 7.38. The molecule has 2 heterocycles. The molecule has 1 saturated heterocycles. The Hall–Kier alpha value is -0.820. The number of halogens is 2. The molecule has 1 amide bonds. The van der Waals surface area contributed by atoms with Crippen molar-refractivity contribution in [2.24, 2.45) is 5.92 Å². The van der Waals surface area contributed by atoms with Crippen LogP contribution in [-0.4, -0.2) is 53.1 Å². The number of piperidine rings is 1. The monoisotopic (exact) mass is 379 g/mol. The predicted molar refractivity (Wildman–Crippen MR) is 102 cm³/mol. The maximum atomic E-state index is 12.1. The minimum absolute atomic E-state index is 0. The van der Waals surface area contributed by atoms with E-state index in [1.54, 1.807) is 0 Å². The zero-order valence-corrected chi connectivity index (χ0v) is 16.5. The van der Waals surface area contributed by atoms with Gasteiger partial charge in [0.1, 0.15) is 0 Å². The summed E-state index contributed by atoms with van der Waals surface area (Å²) in [5.74, 6) is 0.646. The average molecular weight is 380 g/mol. The molecule has 1 aromatic rings. The summed E-state index contributed by atoms with van der Waals surface area (Å²) >= 11 is 0. The molecule has 1 aliphatic heterocycles. The molecule has 140 valence electrons. The van der Waals surface area contributed by atoms with Crippen molar-refractivity contribution in [3.63, 3.8) is 0 Å². The Morgan fingerprint density at radius 3 is 2.71 bits per heavy atom. The summed E-state index contributed by atoms with van der Waals surface area (Å²) in [6, 6.07) is 0.512. The largest absolute Gasteiger partial charge is 0.349 e. The van der Waals surface area contributed by atoms with Crippen LogP contribution in [0.25, 0.3) is 0 Å². The first-order valence-corrected chi connectivity index (χ1v) is 8.23. The maximum absolute atomic E-state index is 12.1. The van der Waals surface area contributed by atoms with Crippen molar-refractivity contribution in [1.82, 2.24) is 25.1 Å². The lowest BCUT2D eigenvalue weighted by atomic mass is 10.1. The van der Waals surface area contributed by atoms with Crippen LogP contribution in [0.4, 0.5) is 0 Å². The highest BCUT2D eigenvalue weighted by Crippen LogP contribution is 2.09. The van der Waals surface area contributed by atoms with Gasteiger partial charge in [-0.15, -0.1) is 24.8 Å². The summed E-state index contributed by atoms with van der Waals surface area (Å²) < 4.78 is 2.11. The molecule has 24 heavy (non-hydrogen) atoms. The lowest BCUT2D eigenvalue weighted by Crippen LogP contribution is -2.45. The Morgan fingerprint density at radius 1 is 1.42 bits per heavy atom. The third-order valence-corrected chi connectivity index (χ3v) is 4.15. The van der Waals surface area contributed by atoms with E-state index in [1.165, 1.54) is 0 Å². The first-order chi connectivity index (χ1) is 10.6. The quantitative estimate of drug-likeness (QED) is 0.756. The molecule has 0 radical (unpaired) electrons. The number of carbonyl (C=O) groups is 1. The number of rotatable bonds is 7. The minimum Gasteiger partial charge on any atom is -0.349 e. The van der Waals surface area contributed by atoms with Gasteiger partial charge in [-0.3, -0.25) is 9.69 Å². The molecular formula is C16H31Cl2N5O. The molecule has 0 bridgehead atoms. The molecule has 1 aliphatic rings. The SMILES string of the molecule is CC(C)Cn1cncc1CNC(=O)CN(C)C1CCNCC1.Cl.Cl. The van der Waals surface area contributed by atoms with Crippen LogP contribution in [0.3, 0.4) is 0 Å². The number of imidazole rings is 1. The van der Waals surface area contributed by atoms with Gasteiger partial charge in [0, 0.05) is 18.8 Å². The molecule has 0 atom stereocenters. The van der Waals surface area contributed by atoms with Crippen molar-refractivity contribution in [2.75, 3.05) is 26.7 Å². The fourth-order valence-corrected chi connectivity index (χ4v) is 2.90. The number of hydrogen-bond donors (Lipinski definition) is 2.